The molecule has 0 heterocycles. The maximum Gasteiger partial charge on any atom is 0.331 e. The molecule has 7 heteroatoms. The van der Waals surface area contributed by atoms with Crippen LogP contribution in [0.1, 0.15) is 65.9 Å². The minimum absolute atomic E-state index is 0.00978. The molecule has 0 radical (unpaired) electrons. The zero-order valence-corrected chi connectivity index (χ0v) is 20.7. The van der Waals surface area contributed by atoms with E-state index in [9.17, 15) is 14.7 Å². The van der Waals surface area contributed by atoms with E-state index in [0.717, 1.165) is 24.8 Å². The normalized spacial score (nSPS) is 21.8. The number of carboxylic acids is 1. The van der Waals surface area contributed by atoms with Gasteiger partial charge in [0, 0.05) is 35.2 Å². The number of nitrogens with one attached hydrogen (secondary N) is 2. The summed E-state index contributed by atoms with van der Waals surface area (Å²) in [6, 6.07) is 7.82. The van der Waals surface area contributed by atoms with Gasteiger partial charge in [-0.2, -0.15) is 0 Å². The van der Waals surface area contributed by atoms with Gasteiger partial charge in [-0.1, -0.05) is 39.8 Å². The first kappa shape index (κ1) is 26.4. The van der Waals surface area contributed by atoms with Crippen LogP contribution in [0.3, 0.4) is 0 Å². The van der Waals surface area contributed by atoms with Gasteiger partial charge >= 0.3 is 5.97 Å². The molecule has 1 aliphatic carbocycles. The largest absolute Gasteiger partial charge is 0.478 e. The lowest BCUT2D eigenvalue weighted by Gasteiger charge is -2.38. The van der Waals surface area contributed by atoms with Gasteiger partial charge in [-0.3, -0.25) is 4.79 Å². The number of carbonyl (C=O) groups excluding carboxylic acids is 1. The van der Waals surface area contributed by atoms with Crippen LogP contribution in [-0.2, 0) is 20.9 Å². The highest BCUT2D eigenvalue weighted by Crippen LogP contribution is 2.27. The zero-order chi connectivity index (χ0) is 23.7. The molecule has 3 N–H and O–H groups in total. The van der Waals surface area contributed by atoms with Crippen LogP contribution in [-0.4, -0.2) is 46.5 Å². The molecular formula is C25H38N2O4S. The van der Waals surface area contributed by atoms with Crippen molar-refractivity contribution in [3.05, 3.63) is 41.5 Å². The number of amides is 1. The summed E-state index contributed by atoms with van der Waals surface area (Å²) in [5, 5.41) is 16.7. The second-order valence-electron chi connectivity index (χ2n) is 8.44. The van der Waals surface area contributed by atoms with Crippen LogP contribution in [0.2, 0.25) is 0 Å². The van der Waals surface area contributed by atoms with Crippen LogP contribution in [0.4, 0.5) is 0 Å². The fourth-order valence-electron chi connectivity index (χ4n) is 3.86. The summed E-state index contributed by atoms with van der Waals surface area (Å²) in [6.07, 6.45) is 4.27. The molecule has 6 nitrogen and oxygen atoms in total. The van der Waals surface area contributed by atoms with Gasteiger partial charge < -0.3 is 20.5 Å². The number of hydrogen-bond donors (Lipinski definition) is 3. The highest BCUT2D eigenvalue weighted by atomic mass is 32.2. The van der Waals surface area contributed by atoms with E-state index in [4.69, 9.17) is 4.74 Å². The lowest BCUT2D eigenvalue weighted by Crippen LogP contribution is -2.58. The Balaban J connectivity index is 2.21. The van der Waals surface area contributed by atoms with Crippen LogP contribution in [0, 0.1) is 0 Å². The molecule has 1 aliphatic rings. The van der Waals surface area contributed by atoms with E-state index in [0.29, 0.717) is 23.8 Å². The minimum Gasteiger partial charge on any atom is -0.478 e. The SMILES string of the molecule is CCC(CC)O[C@@H]1C=C(C(=O)O)C[C@H](NCc2cccc(SC(C)CC)c2)[C@H]1NC(C)=O. The number of benzene rings is 1. The third-order valence-corrected chi connectivity index (χ3v) is 7.14. The smallest absolute Gasteiger partial charge is 0.331 e. The van der Waals surface area contributed by atoms with Crippen LogP contribution >= 0.6 is 11.8 Å². The number of carbonyl (C=O) groups is 2. The highest BCUT2D eigenvalue weighted by Gasteiger charge is 2.37. The Morgan fingerprint density at radius 1 is 1.22 bits per heavy atom. The van der Waals surface area contributed by atoms with Crippen molar-refractivity contribution in [3.63, 3.8) is 0 Å². The molecule has 0 aromatic heterocycles. The first-order valence-corrected chi connectivity index (χ1v) is 12.5. The van der Waals surface area contributed by atoms with Crippen molar-refractivity contribution < 1.29 is 19.4 Å². The molecule has 1 aromatic carbocycles. The van der Waals surface area contributed by atoms with E-state index >= 15 is 0 Å². The number of ether oxygens (including phenoxy) is 1. The maximum atomic E-state index is 12.0. The molecule has 2 rings (SSSR count). The van der Waals surface area contributed by atoms with Gasteiger partial charge in [-0.05, 0) is 49.5 Å². The second kappa shape index (κ2) is 13.0. The first-order valence-electron chi connectivity index (χ1n) is 11.6. The van der Waals surface area contributed by atoms with Gasteiger partial charge in [0.25, 0.3) is 0 Å². The Kier molecular flexibility index (Phi) is 10.7. The Bertz CT molecular complexity index is 794. The lowest BCUT2D eigenvalue weighted by atomic mass is 9.87. The summed E-state index contributed by atoms with van der Waals surface area (Å²) < 4.78 is 6.24. The van der Waals surface area contributed by atoms with Crippen LogP contribution < -0.4 is 10.6 Å². The van der Waals surface area contributed by atoms with Crippen molar-refractivity contribution in [2.45, 2.75) is 101 Å². The highest BCUT2D eigenvalue weighted by molar-refractivity contribution is 7.99. The molecule has 1 unspecified atom stereocenters. The zero-order valence-electron chi connectivity index (χ0n) is 19.9. The molecule has 0 bridgehead atoms. The van der Waals surface area contributed by atoms with E-state index in [2.05, 4.69) is 48.7 Å². The van der Waals surface area contributed by atoms with Gasteiger partial charge in [0.15, 0.2) is 0 Å². The predicted molar refractivity (Wildman–Crippen MR) is 130 cm³/mol. The third-order valence-electron chi connectivity index (χ3n) is 5.88. The van der Waals surface area contributed by atoms with Crippen molar-refractivity contribution in [2.24, 2.45) is 0 Å². The molecule has 178 valence electrons. The van der Waals surface area contributed by atoms with Gasteiger partial charge in [0.2, 0.25) is 5.91 Å². The summed E-state index contributed by atoms with van der Waals surface area (Å²) in [6.45, 7) is 10.6. The number of aliphatic carboxylic acids is 1. The fourth-order valence-corrected chi connectivity index (χ4v) is 4.87. The third kappa shape index (κ3) is 7.94. The van der Waals surface area contributed by atoms with Gasteiger partial charge in [-0.25, -0.2) is 4.79 Å². The van der Waals surface area contributed by atoms with E-state index in [1.165, 1.54) is 11.8 Å². The molecular weight excluding hydrogens is 424 g/mol. The van der Waals surface area contributed by atoms with Crippen molar-refractivity contribution >= 4 is 23.6 Å². The van der Waals surface area contributed by atoms with Gasteiger partial charge in [0.1, 0.15) is 0 Å². The average Bonchev–Trinajstić information content (AvgIpc) is 2.76. The molecule has 0 spiro atoms. The second-order valence-corrected chi connectivity index (χ2v) is 9.95. The summed E-state index contributed by atoms with van der Waals surface area (Å²) in [5.41, 5.74) is 1.45. The summed E-state index contributed by atoms with van der Waals surface area (Å²) in [4.78, 5) is 25.0. The van der Waals surface area contributed by atoms with Crippen LogP contribution in [0.5, 0.6) is 0 Å². The minimum atomic E-state index is -0.942. The average molecular weight is 463 g/mol. The molecule has 1 aromatic rings. The monoisotopic (exact) mass is 462 g/mol. The van der Waals surface area contributed by atoms with Crippen molar-refractivity contribution in [3.8, 4) is 0 Å². The molecule has 0 saturated carbocycles. The molecule has 0 saturated heterocycles. The van der Waals surface area contributed by atoms with Crippen LogP contribution in [0.25, 0.3) is 0 Å². The van der Waals surface area contributed by atoms with E-state index in [1.807, 2.05) is 25.6 Å². The predicted octanol–water partition coefficient (Wildman–Crippen LogP) is 4.53. The van der Waals surface area contributed by atoms with E-state index in [-0.39, 0.29) is 24.1 Å². The van der Waals surface area contributed by atoms with Gasteiger partial charge in [-0.15, -0.1) is 11.8 Å². The Morgan fingerprint density at radius 2 is 1.94 bits per heavy atom. The van der Waals surface area contributed by atoms with E-state index < -0.39 is 12.1 Å². The van der Waals surface area contributed by atoms with Crippen LogP contribution in [0.15, 0.2) is 40.8 Å². The van der Waals surface area contributed by atoms with Crippen molar-refractivity contribution in [1.29, 1.82) is 0 Å². The fraction of sp³-hybridized carbons (Fsp3) is 0.600. The number of rotatable bonds is 12. The first-order chi connectivity index (χ1) is 15.3. The number of hydrogen-bond acceptors (Lipinski definition) is 5. The molecule has 32 heavy (non-hydrogen) atoms. The van der Waals surface area contributed by atoms with Crippen molar-refractivity contribution in [2.75, 3.05) is 0 Å². The molecule has 1 amide bonds. The number of carboxylic acid groups (broad SMARTS) is 1. The topological polar surface area (TPSA) is 87.7 Å². The quantitative estimate of drug-likeness (QED) is 0.396. The van der Waals surface area contributed by atoms with Gasteiger partial charge in [0.05, 0.1) is 18.2 Å². The lowest BCUT2D eigenvalue weighted by molar-refractivity contribution is -0.133. The standard InChI is InChI=1S/C25H38N2O4S/c1-6-16(4)32-21-11-9-10-18(12-21)15-26-22-13-19(25(29)30)14-23(24(22)27-17(5)28)31-20(7-2)8-3/h9-12,14,16,20,22-24,26H,6-8,13,15H2,1-5H3,(H,27,28)(H,29,30)/t16?,22-,23+,24+/m0/s1. The van der Waals surface area contributed by atoms with Crippen molar-refractivity contribution in [1.82, 2.24) is 10.6 Å². The number of thioether (sulfide) groups is 1. The summed E-state index contributed by atoms with van der Waals surface area (Å²) >= 11 is 1.85. The Labute approximate surface area is 196 Å². The maximum absolute atomic E-state index is 12.0. The molecule has 0 aliphatic heterocycles. The Morgan fingerprint density at radius 3 is 2.53 bits per heavy atom. The Hall–Kier alpha value is -1.83. The molecule has 0 fully saturated rings. The summed E-state index contributed by atoms with van der Waals surface area (Å²) in [5.74, 6) is -1.10. The van der Waals surface area contributed by atoms with E-state index in [1.54, 1.807) is 6.08 Å². The summed E-state index contributed by atoms with van der Waals surface area (Å²) in [7, 11) is 0. The molecule has 4 atom stereocenters.